The number of anilines is 3. The molecule has 4 amide bonds. The number of rotatable bonds is 7. The van der Waals surface area contributed by atoms with E-state index in [0.717, 1.165) is 4.90 Å². The van der Waals surface area contributed by atoms with Gasteiger partial charge in [0.2, 0.25) is 5.91 Å². The van der Waals surface area contributed by atoms with E-state index in [0.29, 0.717) is 17.2 Å². The maximum absolute atomic E-state index is 13.0. The van der Waals surface area contributed by atoms with Gasteiger partial charge in [0.25, 0.3) is 17.7 Å². The summed E-state index contributed by atoms with van der Waals surface area (Å²) in [5.74, 6) is -2.28. The van der Waals surface area contributed by atoms with Crippen molar-refractivity contribution in [3.8, 4) is 0 Å². The highest BCUT2D eigenvalue weighted by atomic mass is 16.5. The quantitative estimate of drug-likeness (QED) is 0.384. The number of nitrogens with zero attached hydrogens (tertiary/aromatic N) is 3. The number of ether oxygens (including phenoxy) is 1. The van der Waals surface area contributed by atoms with Crippen LogP contribution in [0.2, 0.25) is 0 Å². The fourth-order valence-electron chi connectivity index (χ4n) is 3.72. The van der Waals surface area contributed by atoms with Gasteiger partial charge in [0.05, 0.1) is 28.6 Å². The molecule has 2 heterocycles. The monoisotopic (exact) mass is 489 g/mol. The van der Waals surface area contributed by atoms with E-state index in [9.17, 15) is 24.0 Å². The summed E-state index contributed by atoms with van der Waals surface area (Å²) in [4.78, 5) is 62.8. The largest absolute Gasteiger partial charge is 0.452 e. The van der Waals surface area contributed by atoms with E-state index >= 15 is 0 Å². The topological polar surface area (TPSA) is 140 Å². The van der Waals surface area contributed by atoms with Crippen LogP contribution in [0.15, 0.2) is 54.7 Å². The number of hydrogen-bond acceptors (Lipinski definition) is 7. The highest BCUT2D eigenvalue weighted by molar-refractivity contribution is 6.34. The highest BCUT2D eigenvalue weighted by Crippen LogP contribution is 2.30. The lowest BCUT2D eigenvalue weighted by molar-refractivity contribution is -0.119. The summed E-state index contributed by atoms with van der Waals surface area (Å²) in [5, 5.41) is 9.35. The van der Waals surface area contributed by atoms with Crippen LogP contribution in [0.4, 0.5) is 17.2 Å². The fourth-order valence-corrected chi connectivity index (χ4v) is 3.72. The minimum atomic E-state index is -0.816. The molecule has 36 heavy (non-hydrogen) atoms. The molecule has 3 aromatic rings. The van der Waals surface area contributed by atoms with Crippen molar-refractivity contribution in [3.63, 3.8) is 0 Å². The van der Waals surface area contributed by atoms with Gasteiger partial charge in [-0.2, -0.15) is 5.10 Å². The molecule has 11 heteroatoms. The normalized spacial score (nSPS) is 12.5. The van der Waals surface area contributed by atoms with Crippen LogP contribution in [-0.4, -0.2) is 46.0 Å². The average Bonchev–Trinajstić information content (AvgIpc) is 3.40. The molecule has 0 aliphatic carbocycles. The second kappa shape index (κ2) is 9.82. The third-order valence-electron chi connectivity index (χ3n) is 5.33. The van der Waals surface area contributed by atoms with E-state index < -0.39 is 30.3 Å². The standard InChI is InChI=1S/C25H23N5O6/c1-14(2)30-21(10-11-26-30)28-22(32)13-36-25(35)16-4-9-19-20(12-16)24(34)29(23(19)33)18-7-5-17(6-8-18)27-15(3)31/h4-12,14H,13H2,1-3H3,(H,27,31)(H,28,32). The van der Waals surface area contributed by atoms with Crippen LogP contribution in [0.1, 0.15) is 57.9 Å². The van der Waals surface area contributed by atoms with Crippen molar-refractivity contribution in [2.45, 2.75) is 26.8 Å². The fraction of sp³-hybridized carbons (Fsp3) is 0.200. The van der Waals surface area contributed by atoms with Crippen LogP contribution >= 0.6 is 0 Å². The molecular formula is C25H23N5O6. The number of amides is 4. The first kappa shape index (κ1) is 24.3. The molecule has 1 aliphatic heterocycles. The van der Waals surface area contributed by atoms with Crippen molar-refractivity contribution in [1.82, 2.24) is 9.78 Å². The number of aromatic nitrogens is 2. The Hall–Kier alpha value is -4.80. The predicted molar refractivity (Wildman–Crippen MR) is 130 cm³/mol. The molecule has 1 aliphatic rings. The number of imide groups is 1. The predicted octanol–water partition coefficient (Wildman–Crippen LogP) is 3.02. The van der Waals surface area contributed by atoms with E-state index in [1.54, 1.807) is 29.1 Å². The van der Waals surface area contributed by atoms with Crippen molar-refractivity contribution < 1.29 is 28.7 Å². The Morgan fingerprint density at radius 2 is 1.64 bits per heavy atom. The molecule has 11 nitrogen and oxygen atoms in total. The van der Waals surface area contributed by atoms with Gasteiger partial charge in [0.1, 0.15) is 5.82 Å². The van der Waals surface area contributed by atoms with Gasteiger partial charge in [-0.1, -0.05) is 0 Å². The maximum atomic E-state index is 13.0. The molecule has 2 N–H and O–H groups in total. The smallest absolute Gasteiger partial charge is 0.338 e. The SMILES string of the molecule is CC(=O)Nc1ccc(N2C(=O)c3ccc(C(=O)OCC(=O)Nc4ccnn4C(C)C)cc3C2=O)cc1. The molecule has 0 saturated heterocycles. The van der Waals surface area contributed by atoms with Gasteiger partial charge in [-0.15, -0.1) is 0 Å². The minimum Gasteiger partial charge on any atom is -0.452 e. The summed E-state index contributed by atoms with van der Waals surface area (Å²) < 4.78 is 6.71. The Morgan fingerprint density at radius 3 is 2.31 bits per heavy atom. The summed E-state index contributed by atoms with van der Waals surface area (Å²) in [5.41, 5.74) is 1.05. The third kappa shape index (κ3) is 4.85. The van der Waals surface area contributed by atoms with Crippen LogP contribution < -0.4 is 15.5 Å². The Bertz CT molecular complexity index is 1380. The van der Waals surface area contributed by atoms with Gasteiger partial charge < -0.3 is 15.4 Å². The zero-order valence-electron chi connectivity index (χ0n) is 19.8. The van der Waals surface area contributed by atoms with E-state index in [1.165, 1.54) is 37.3 Å². The highest BCUT2D eigenvalue weighted by Gasteiger charge is 2.37. The first-order valence-corrected chi connectivity index (χ1v) is 11.1. The van der Waals surface area contributed by atoms with Crippen LogP contribution in [0, 0.1) is 0 Å². The molecule has 0 atom stereocenters. The second-order valence-corrected chi connectivity index (χ2v) is 8.31. The first-order valence-electron chi connectivity index (χ1n) is 11.1. The lowest BCUT2D eigenvalue weighted by Gasteiger charge is -2.14. The maximum Gasteiger partial charge on any atom is 0.338 e. The molecule has 0 spiro atoms. The molecule has 0 bridgehead atoms. The zero-order valence-corrected chi connectivity index (χ0v) is 19.8. The summed E-state index contributed by atoms with van der Waals surface area (Å²) in [7, 11) is 0. The van der Waals surface area contributed by atoms with Gasteiger partial charge in [0, 0.05) is 24.7 Å². The first-order chi connectivity index (χ1) is 17.2. The van der Waals surface area contributed by atoms with E-state index in [2.05, 4.69) is 15.7 Å². The van der Waals surface area contributed by atoms with Crippen molar-refractivity contribution in [1.29, 1.82) is 0 Å². The Labute approximate surface area is 206 Å². The average molecular weight is 489 g/mol. The number of nitrogens with one attached hydrogen (secondary N) is 2. The molecular weight excluding hydrogens is 466 g/mol. The number of fused-ring (bicyclic) bond motifs is 1. The Morgan fingerprint density at radius 1 is 0.944 bits per heavy atom. The van der Waals surface area contributed by atoms with E-state index in [-0.39, 0.29) is 28.6 Å². The van der Waals surface area contributed by atoms with Crippen LogP contribution in [0.25, 0.3) is 0 Å². The van der Waals surface area contributed by atoms with Gasteiger partial charge in [0.15, 0.2) is 6.61 Å². The van der Waals surface area contributed by atoms with Crippen molar-refractivity contribution in [3.05, 3.63) is 71.4 Å². The van der Waals surface area contributed by atoms with Gasteiger partial charge in [-0.25, -0.2) is 14.4 Å². The Kier molecular flexibility index (Phi) is 6.64. The van der Waals surface area contributed by atoms with Gasteiger partial charge in [-0.3, -0.25) is 19.2 Å². The van der Waals surface area contributed by atoms with E-state index in [1.807, 2.05) is 13.8 Å². The Balaban J connectivity index is 1.43. The van der Waals surface area contributed by atoms with Crippen LogP contribution in [0.3, 0.4) is 0 Å². The lowest BCUT2D eigenvalue weighted by atomic mass is 10.1. The number of hydrogen-bond donors (Lipinski definition) is 2. The minimum absolute atomic E-state index is 0.0257. The summed E-state index contributed by atoms with van der Waals surface area (Å²) in [6.45, 7) is 4.64. The molecule has 0 fully saturated rings. The zero-order chi connectivity index (χ0) is 26.0. The van der Waals surface area contributed by atoms with Crippen LogP contribution in [0.5, 0.6) is 0 Å². The van der Waals surface area contributed by atoms with Crippen molar-refractivity contribution >= 4 is 46.8 Å². The molecule has 1 aromatic heterocycles. The number of carbonyl (C=O) groups is 5. The molecule has 4 rings (SSSR count). The van der Waals surface area contributed by atoms with Crippen molar-refractivity contribution in [2.75, 3.05) is 22.1 Å². The lowest BCUT2D eigenvalue weighted by Crippen LogP contribution is -2.29. The summed E-state index contributed by atoms with van der Waals surface area (Å²) in [6.07, 6.45) is 1.55. The molecule has 0 unspecified atom stereocenters. The van der Waals surface area contributed by atoms with E-state index in [4.69, 9.17) is 4.74 Å². The van der Waals surface area contributed by atoms with Crippen LogP contribution in [-0.2, 0) is 14.3 Å². The number of benzene rings is 2. The second-order valence-electron chi connectivity index (χ2n) is 8.31. The van der Waals surface area contributed by atoms with Crippen molar-refractivity contribution in [2.24, 2.45) is 0 Å². The summed E-state index contributed by atoms with van der Waals surface area (Å²) >= 11 is 0. The third-order valence-corrected chi connectivity index (χ3v) is 5.33. The number of carbonyl (C=O) groups excluding carboxylic acids is 5. The summed E-state index contributed by atoms with van der Waals surface area (Å²) in [6, 6.07) is 11.9. The molecule has 2 aromatic carbocycles. The van der Waals surface area contributed by atoms with Gasteiger partial charge in [-0.05, 0) is 56.3 Å². The molecule has 0 radical (unpaired) electrons. The van der Waals surface area contributed by atoms with Gasteiger partial charge >= 0.3 is 5.97 Å². The molecule has 0 saturated carbocycles. The molecule has 184 valence electrons. The number of esters is 1.